The number of rotatable bonds is 8. The first kappa shape index (κ1) is 33.8. The minimum atomic E-state index is -0.582. The topological polar surface area (TPSA) is 115 Å². The third-order valence-corrected chi connectivity index (χ3v) is 13.0. The smallest absolute Gasteiger partial charge is 0.319 e. The average molecular weight is 706 g/mol. The van der Waals surface area contributed by atoms with Crippen LogP contribution in [0, 0.1) is 17.8 Å². The van der Waals surface area contributed by atoms with Crippen molar-refractivity contribution in [2.75, 3.05) is 36.5 Å². The highest BCUT2D eigenvalue weighted by molar-refractivity contribution is 5.93. The number of aliphatic hydroxyl groups is 1. The van der Waals surface area contributed by atoms with Crippen molar-refractivity contribution >= 4 is 23.3 Å². The summed E-state index contributed by atoms with van der Waals surface area (Å²) in [4.78, 5) is 31.2. The van der Waals surface area contributed by atoms with Gasteiger partial charge < -0.3 is 40.3 Å². The number of benzene rings is 3. The van der Waals surface area contributed by atoms with Gasteiger partial charge in [-0.1, -0.05) is 54.6 Å². The highest BCUT2D eigenvalue weighted by Crippen LogP contribution is 2.55. The lowest BCUT2D eigenvalue weighted by atomic mass is 9.53. The zero-order valence-electron chi connectivity index (χ0n) is 29.8. The minimum absolute atomic E-state index is 0.00269. The number of carbonyl (C=O) groups is 2. The van der Waals surface area contributed by atoms with Gasteiger partial charge in [0.2, 0.25) is 5.91 Å². The van der Waals surface area contributed by atoms with Crippen molar-refractivity contribution in [2.24, 2.45) is 17.8 Å². The number of hydrogen-bond acceptors (Lipinski definition) is 7. The first-order chi connectivity index (χ1) is 25.3. The van der Waals surface area contributed by atoms with Gasteiger partial charge in [-0.05, 0) is 105 Å². The number of hydrogen-bond donors (Lipinski definition) is 4. The molecule has 3 aromatic carbocycles. The Bertz CT molecular complexity index is 1710. The van der Waals surface area contributed by atoms with E-state index in [2.05, 4.69) is 37.9 Å². The van der Waals surface area contributed by atoms with Crippen LogP contribution in [-0.4, -0.2) is 65.4 Å². The molecule has 10 heteroatoms. The zero-order chi connectivity index (χ0) is 35.3. The summed E-state index contributed by atoms with van der Waals surface area (Å²) in [6.45, 7) is 2.86. The summed E-state index contributed by atoms with van der Waals surface area (Å²) in [6.07, 6.45) is 8.70. The molecule has 3 aliphatic heterocycles. The van der Waals surface area contributed by atoms with Crippen LogP contribution in [-0.2, 0) is 20.9 Å². The maximum absolute atomic E-state index is 13.3. The van der Waals surface area contributed by atoms with Crippen molar-refractivity contribution in [2.45, 2.75) is 94.0 Å². The second kappa shape index (κ2) is 13.8. The van der Waals surface area contributed by atoms with Crippen molar-refractivity contribution in [3.8, 4) is 0 Å². The number of nitrogens with zero attached hydrogens (tertiary/aromatic N) is 2. The van der Waals surface area contributed by atoms with Crippen LogP contribution in [0.15, 0.2) is 78.9 Å². The van der Waals surface area contributed by atoms with Crippen LogP contribution in [0.25, 0.3) is 0 Å². The fourth-order valence-electron chi connectivity index (χ4n) is 10.8. The minimum Gasteiger partial charge on any atom is -0.392 e. The van der Waals surface area contributed by atoms with Crippen LogP contribution in [0.2, 0.25) is 0 Å². The average Bonchev–Trinajstić information content (AvgIpc) is 3.46. The lowest BCUT2D eigenvalue weighted by molar-refractivity contribution is -0.253. The third-order valence-electron chi connectivity index (χ3n) is 13.0. The molecule has 0 radical (unpaired) electrons. The third kappa shape index (κ3) is 6.59. The Balaban J connectivity index is 0.867. The van der Waals surface area contributed by atoms with Crippen LogP contribution >= 0.6 is 0 Å². The number of para-hydroxylation sites is 1. The number of aliphatic hydroxyl groups excluding tert-OH is 1. The van der Waals surface area contributed by atoms with Crippen molar-refractivity contribution in [1.82, 2.24) is 15.5 Å². The normalized spacial score (nSPS) is 32.2. The van der Waals surface area contributed by atoms with Gasteiger partial charge in [0.25, 0.3) is 0 Å². The highest BCUT2D eigenvalue weighted by atomic mass is 16.7. The molecule has 7 aliphatic rings. The van der Waals surface area contributed by atoms with E-state index in [1.54, 1.807) is 0 Å². The van der Waals surface area contributed by atoms with E-state index in [0.29, 0.717) is 13.1 Å². The Morgan fingerprint density at radius 2 is 1.48 bits per heavy atom. The molecule has 4 bridgehead atoms. The van der Waals surface area contributed by atoms with Gasteiger partial charge in [0.05, 0.1) is 25.5 Å². The fourth-order valence-corrected chi connectivity index (χ4v) is 10.8. The summed E-state index contributed by atoms with van der Waals surface area (Å²) in [5.41, 5.74) is 4.06. The van der Waals surface area contributed by atoms with Gasteiger partial charge in [0, 0.05) is 48.5 Å². The van der Waals surface area contributed by atoms with Crippen LogP contribution in [0.3, 0.4) is 0 Å². The molecule has 7 fully saturated rings. The van der Waals surface area contributed by atoms with Crippen molar-refractivity contribution in [3.05, 3.63) is 95.6 Å². The lowest BCUT2D eigenvalue weighted by Crippen LogP contribution is -2.60. The summed E-state index contributed by atoms with van der Waals surface area (Å²) in [5, 5.41) is 19.2. The molecule has 0 aromatic heterocycles. The first-order valence-electron chi connectivity index (χ1n) is 19.4. The standard InChI is InChI=1S/C42H51N5O5/c48-26-28-6-8-32(9-7-28)37-21-36(25-46-16-14-42(15-17-46)39(49)43-27-47(42)35-4-2-1-3-5-35)51-38(52-37)33-10-12-34(13-11-33)44-40(50)45-41-22-29-18-30(23-41)20-31(19-29)24-41/h1-13,29-31,36-38,48H,14-27H2,(H,43,49)(H2,44,45,50)/t29?,30?,31?,36-,37+,38+,41?/m1/s1. The summed E-state index contributed by atoms with van der Waals surface area (Å²) < 4.78 is 13.3. The second-order valence-electron chi connectivity index (χ2n) is 16.5. The summed E-state index contributed by atoms with van der Waals surface area (Å²) in [5.74, 6) is 2.43. The number of urea groups is 1. The Morgan fingerprint density at radius 3 is 2.13 bits per heavy atom. The first-order valence-corrected chi connectivity index (χ1v) is 19.4. The molecule has 4 saturated carbocycles. The maximum atomic E-state index is 13.3. The molecular weight excluding hydrogens is 654 g/mol. The molecule has 52 heavy (non-hydrogen) atoms. The molecule has 0 unspecified atom stereocenters. The van der Waals surface area contributed by atoms with Gasteiger partial charge in [-0.15, -0.1) is 0 Å². The SMILES string of the molecule is O=C(Nc1ccc([C@H]2O[C@@H](CN3CCC4(CC3)C(=O)NCN4c3ccccc3)C[C@@H](c3ccc(CO)cc3)O2)cc1)NC12CC3CC(CC(C3)C1)C2. The number of anilines is 2. The quantitative estimate of drug-likeness (QED) is 0.219. The van der Waals surface area contributed by atoms with Crippen molar-refractivity contribution in [1.29, 1.82) is 0 Å². The summed E-state index contributed by atoms with van der Waals surface area (Å²) in [6, 6.07) is 25.9. The number of ether oxygens (including phenoxy) is 2. The highest BCUT2D eigenvalue weighted by Gasteiger charge is 2.52. The fraction of sp³-hybridized carbons (Fsp3) is 0.524. The number of carbonyl (C=O) groups excluding carboxylic acids is 2. The maximum Gasteiger partial charge on any atom is 0.319 e. The molecule has 10 nitrogen and oxygen atoms in total. The Hall–Kier alpha value is -3.96. The van der Waals surface area contributed by atoms with E-state index in [1.165, 1.54) is 19.3 Å². The van der Waals surface area contributed by atoms with Gasteiger partial charge >= 0.3 is 6.03 Å². The lowest BCUT2D eigenvalue weighted by Gasteiger charge is -2.56. The van der Waals surface area contributed by atoms with Crippen LogP contribution in [0.4, 0.5) is 16.2 Å². The zero-order valence-corrected chi connectivity index (χ0v) is 29.8. The number of likely N-dealkylation sites (tertiary alicyclic amines) is 1. The second-order valence-corrected chi connectivity index (χ2v) is 16.5. The van der Waals surface area contributed by atoms with Crippen molar-refractivity contribution in [3.63, 3.8) is 0 Å². The molecule has 3 heterocycles. The molecule has 4 N–H and O–H groups in total. The Labute approximate surface area is 306 Å². The molecule has 3 saturated heterocycles. The summed E-state index contributed by atoms with van der Waals surface area (Å²) >= 11 is 0. The van der Waals surface area contributed by atoms with Gasteiger partial charge in [0.1, 0.15) is 5.54 Å². The largest absolute Gasteiger partial charge is 0.392 e. The van der Waals surface area contributed by atoms with Gasteiger partial charge in [-0.25, -0.2) is 4.79 Å². The van der Waals surface area contributed by atoms with Gasteiger partial charge in [-0.3, -0.25) is 4.79 Å². The van der Waals surface area contributed by atoms with E-state index in [4.69, 9.17) is 9.47 Å². The van der Waals surface area contributed by atoms with Crippen molar-refractivity contribution < 1.29 is 24.2 Å². The number of nitrogens with one attached hydrogen (secondary N) is 3. The predicted octanol–water partition coefficient (Wildman–Crippen LogP) is 6.24. The molecule has 10 rings (SSSR count). The molecular formula is C42H51N5O5. The molecule has 3 atom stereocenters. The number of amides is 3. The monoisotopic (exact) mass is 705 g/mol. The van der Waals surface area contributed by atoms with E-state index in [-0.39, 0.29) is 36.3 Å². The molecule has 274 valence electrons. The molecule has 4 aliphatic carbocycles. The van der Waals surface area contributed by atoms with E-state index >= 15 is 0 Å². The van der Waals surface area contributed by atoms with E-state index in [0.717, 1.165) is 97.6 Å². The summed E-state index contributed by atoms with van der Waals surface area (Å²) in [7, 11) is 0. The van der Waals surface area contributed by atoms with Crippen LogP contribution in [0.5, 0.6) is 0 Å². The van der Waals surface area contributed by atoms with E-state index in [1.807, 2.05) is 66.7 Å². The molecule has 3 aromatic rings. The van der Waals surface area contributed by atoms with E-state index in [9.17, 15) is 14.7 Å². The predicted molar refractivity (Wildman–Crippen MR) is 198 cm³/mol. The number of piperidine rings is 1. The van der Waals surface area contributed by atoms with Crippen LogP contribution in [0.1, 0.15) is 86.9 Å². The Kier molecular flexibility index (Phi) is 8.97. The Morgan fingerprint density at radius 1 is 0.827 bits per heavy atom. The molecule has 3 amide bonds. The van der Waals surface area contributed by atoms with Gasteiger partial charge in [-0.2, -0.15) is 0 Å². The molecule has 1 spiro atoms. The van der Waals surface area contributed by atoms with E-state index < -0.39 is 11.8 Å². The van der Waals surface area contributed by atoms with Crippen LogP contribution < -0.4 is 20.9 Å². The van der Waals surface area contributed by atoms with Gasteiger partial charge in [0.15, 0.2) is 6.29 Å².